The third kappa shape index (κ3) is 5.96. The molecule has 1 heterocycles. The lowest BCUT2D eigenvalue weighted by molar-refractivity contribution is 0.623. The second-order valence-corrected chi connectivity index (χ2v) is 5.36. The summed E-state index contributed by atoms with van der Waals surface area (Å²) in [6.07, 6.45) is 4.03. The van der Waals surface area contributed by atoms with Crippen molar-refractivity contribution in [1.29, 1.82) is 0 Å². The first-order chi connectivity index (χ1) is 10.2. The van der Waals surface area contributed by atoms with Crippen LogP contribution in [0.1, 0.15) is 5.56 Å². The SMILES string of the molecule is CN=C(NCCn1cccc1)NCc1cc(F)ccc1Br.I. The zero-order chi connectivity index (χ0) is 15.1. The largest absolute Gasteiger partial charge is 0.355 e. The fraction of sp³-hybridized carbons (Fsp3) is 0.267. The number of guanidine groups is 1. The molecule has 0 atom stereocenters. The fourth-order valence-electron chi connectivity index (χ4n) is 1.90. The van der Waals surface area contributed by atoms with E-state index in [2.05, 4.69) is 36.1 Å². The fourth-order valence-corrected chi connectivity index (χ4v) is 2.29. The first kappa shape index (κ1) is 19.0. The maximum absolute atomic E-state index is 13.2. The summed E-state index contributed by atoms with van der Waals surface area (Å²) in [6.45, 7) is 2.12. The monoisotopic (exact) mass is 480 g/mol. The number of hydrogen-bond acceptors (Lipinski definition) is 1. The molecule has 4 nitrogen and oxygen atoms in total. The predicted molar refractivity (Wildman–Crippen MR) is 102 cm³/mol. The van der Waals surface area contributed by atoms with E-state index >= 15 is 0 Å². The molecule has 7 heteroatoms. The molecule has 0 unspecified atom stereocenters. The lowest BCUT2D eigenvalue weighted by Crippen LogP contribution is -2.38. The number of hydrogen-bond donors (Lipinski definition) is 2. The van der Waals surface area contributed by atoms with Crippen LogP contribution in [0.3, 0.4) is 0 Å². The quantitative estimate of drug-likeness (QED) is 0.391. The molecule has 2 aromatic rings. The van der Waals surface area contributed by atoms with Gasteiger partial charge in [-0.15, -0.1) is 24.0 Å². The molecule has 0 fully saturated rings. The van der Waals surface area contributed by atoms with Crippen molar-refractivity contribution >= 4 is 45.9 Å². The zero-order valence-electron chi connectivity index (χ0n) is 12.2. The molecule has 0 spiro atoms. The van der Waals surface area contributed by atoms with E-state index in [0.717, 1.165) is 23.1 Å². The average molecular weight is 481 g/mol. The Labute approximate surface area is 155 Å². The minimum atomic E-state index is -0.245. The number of rotatable bonds is 5. The lowest BCUT2D eigenvalue weighted by Gasteiger charge is -2.13. The van der Waals surface area contributed by atoms with Crippen molar-refractivity contribution in [2.24, 2.45) is 4.99 Å². The van der Waals surface area contributed by atoms with Gasteiger partial charge in [0.25, 0.3) is 0 Å². The molecule has 2 rings (SSSR count). The topological polar surface area (TPSA) is 41.4 Å². The van der Waals surface area contributed by atoms with Gasteiger partial charge in [-0.3, -0.25) is 4.99 Å². The highest BCUT2D eigenvalue weighted by molar-refractivity contribution is 14.0. The Morgan fingerprint density at radius 3 is 2.68 bits per heavy atom. The van der Waals surface area contributed by atoms with Crippen LogP contribution in [-0.2, 0) is 13.1 Å². The molecule has 1 aromatic carbocycles. The number of aromatic nitrogens is 1. The van der Waals surface area contributed by atoms with Crippen LogP contribution in [0.15, 0.2) is 52.2 Å². The number of nitrogens with zero attached hydrogens (tertiary/aromatic N) is 2. The van der Waals surface area contributed by atoms with Crippen LogP contribution < -0.4 is 10.6 Å². The minimum Gasteiger partial charge on any atom is -0.355 e. The number of halogens is 3. The van der Waals surface area contributed by atoms with Gasteiger partial charge in [-0.25, -0.2) is 4.39 Å². The zero-order valence-corrected chi connectivity index (χ0v) is 16.1. The summed E-state index contributed by atoms with van der Waals surface area (Å²) in [5.74, 6) is 0.448. The van der Waals surface area contributed by atoms with Crippen LogP contribution in [0.4, 0.5) is 4.39 Å². The number of benzene rings is 1. The van der Waals surface area contributed by atoms with Gasteiger partial charge in [0.05, 0.1) is 0 Å². The van der Waals surface area contributed by atoms with E-state index in [0.29, 0.717) is 12.5 Å². The highest BCUT2D eigenvalue weighted by Gasteiger charge is 2.03. The lowest BCUT2D eigenvalue weighted by atomic mass is 10.2. The summed E-state index contributed by atoms with van der Waals surface area (Å²) >= 11 is 3.41. The van der Waals surface area contributed by atoms with Gasteiger partial charge in [0, 0.05) is 43.5 Å². The van der Waals surface area contributed by atoms with Crippen molar-refractivity contribution in [2.45, 2.75) is 13.1 Å². The van der Waals surface area contributed by atoms with Crippen LogP contribution in [-0.4, -0.2) is 24.1 Å². The molecule has 0 aliphatic rings. The molecule has 0 bridgehead atoms. The molecule has 2 N–H and O–H groups in total. The van der Waals surface area contributed by atoms with Crippen molar-refractivity contribution in [3.63, 3.8) is 0 Å². The predicted octanol–water partition coefficient (Wildman–Crippen LogP) is 3.37. The Balaban J connectivity index is 0.00000242. The van der Waals surface area contributed by atoms with Gasteiger partial charge in [-0.05, 0) is 35.9 Å². The van der Waals surface area contributed by atoms with E-state index in [1.165, 1.54) is 12.1 Å². The second-order valence-electron chi connectivity index (χ2n) is 4.51. The van der Waals surface area contributed by atoms with E-state index in [-0.39, 0.29) is 29.8 Å². The first-order valence-corrected chi connectivity index (χ1v) is 7.47. The number of aliphatic imine (C=N–C) groups is 1. The Kier molecular flexibility index (Phi) is 8.47. The highest BCUT2D eigenvalue weighted by atomic mass is 127. The first-order valence-electron chi connectivity index (χ1n) is 6.68. The molecule has 120 valence electrons. The molecule has 0 saturated heterocycles. The van der Waals surface area contributed by atoms with Crippen LogP contribution in [0.2, 0.25) is 0 Å². The summed E-state index contributed by atoms with van der Waals surface area (Å²) in [6, 6.07) is 8.62. The average Bonchev–Trinajstić information content (AvgIpc) is 2.99. The van der Waals surface area contributed by atoms with Crippen LogP contribution >= 0.6 is 39.9 Å². The molecule has 1 aromatic heterocycles. The summed E-state index contributed by atoms with van der Waals surface area (Å²) in [5.41, 5.74) is 0.850. The second kappa shape index (κ2) is 9.83. The van der Waals surface area contributed by atoms with Gasteiger partial charge in [0.2, 0.25) is 0 Å². The third-order valence-corrected chi connectivity index (χ3v) is 3.78. The van der Waals surface area contributed by atoms with Gasteiger partial charge in [-0.2, -0.15) is 0 Å². The Hall–Kier alpha value is -1.09. The van der Waals surface area contributed by atoms with Gasteiger partial charge >= 0.3 is 0 Å². The van der Waals surface area contributed by atoms with Crippen LogP contribution in [0, 0.1) is 5.82 Å². The standard InChI is InChI=1S/C15H18BrFN4.HI/c1-18-15(19-6-9-21-7-2-3-8-21)20-11-12-10-13(17)4-5-14(12)16;/h2-5,7-8,10H,6,9,11H2,1H3,(H2,18,19,20);1H. The summed E-state index contributed by atoms with van der Waals surface area (Å²) in [5, 5.41) is 6.39. The van der Waals surface area contributed by atoms with E-state index in [1.54, 1.807) is 13.1 Å². The van der Waals surface area contributed by atoms with Crippen molar-refractivity contribution in [2.75, 3.05) is 13.6 Å². The molecular weight excluding hydrogens is 462 g/mol. The molecule has 22 heavy (non-hydrogen) atoms. The normalized spacial score (nSPS) is 11.0. The van der Waals surface area contributed by atoms with Crippen molar-refractivity contribution in [3.8, 4) is 0 Å². The van der Waals surface area contributed by atoms with Crippen LogP contribution in [0.5, 0.6) is 0 Å². The number of nitrogens with one attached hydrogen (secondary N) is 2. The third-order valence-electron chi connectivity index (χ3n) is 3.01. The summed E-state index contributed by atoms with van der Waals surface area (Å²) in [4.78, 5) is 4.15. The maximum Gasteiger partial charge on any atom is 0.191 e. The van der Waals surface area contributed by atoms with Gasteiger partial charge in [0.1, 0.15) is 5.82 Å². The Morgan fingerprint density at radius 1 is 1.27 bits per heavy atom. The van der Waals surface area contributed by atoms with Crippen molar-refractivity contribution in [1.82, 2.24) is 15.2 Å². The van der Waals surface area contributed by atoms with Gasteiger partial charge < -0.3 is 15.2 Å². The van der Waals surface area contributed by atoms with Gasteiger partial charge in [-0.1, -0.05) is 15.9 Å². The maximum atomic E-state index is 13.2. The highest BCUT2D eigenvalue weighted by Crippen LogP contribution is 2.17. The Morgan fingerprint density at radius 2 is 2.00 bits per heavy atom. The van der Waals surface area contributed by atoms with E-state index in [9.17, 15) is 4.39 Å². The van der Waals surface area contributed by atoms with Crippen molar-refractivity contribution < 1.29 is 4.39 Å². The molecule has 0 saturated carbocycles. The molecule has 0 amide bonds. The van der Waals surface area contributed by atoms with Gasteiger partial charge in [0.15, 0.2) is 5.96 Å². The smallest absolute Gasteiger partial charge is 0.191 e. The summed E-state index contributed by atoms with van der Waals surface area (Å²) < 4.78 is 16.2. The van der Waals surface area contributed by atoms with E-state index < -0.39 is 0 Å². The van der Waals surface area contributed by atoms with Crippen LogP contribution in [0.25, 0.3) is 0 Å². The minimum absolute atomic E-state index is 0. The molecule has 0 aliphatic heterocycles. The molecule has 0 aliphatic carbocycles. The van der Waals surface area contributed by atoms with Crippen molar-refractivity contribution in [3.05, 3.63) is 58.6 Å². The molecular formula is C15H19BrFIN4. The summed E-state index contributed by atoms with van der Waals surface area (Å²) in [7, 11) is 1.71. The van der Waals surface area contributed by atoms with E-state index in [1.807, 2.05) is 24.5 Å². The van der Waals surface area contributed by atoms with E-state index in [4.69, 9.17) is 0 Å². The molecule has 0 radical (unpaired) electrons. The Bertz CT molecular complexity index is 602.